The van der Waals surface area contributed by atoms with E-state index in [-0.39, 0.29) is 5.41 Å². The molecule has 0 aliphatic carbocycles. The average molecular weight is 249 g/mol. The highest BCUT2D eigenvalue weighted by Gasteiger charge is 2.23. The number of nitrogens with zero attached hydrogens (tertiary/aromatic N) is 2. The first-order valence-electron chi connectivity index (χ1n) is 6.74. The predicted molar refractivity (Wildman–Crippen MR) is 78.8 cm³/mol. The summed E-state index contributed by atoms with van der Waals surface area (Å²) in [7, 11) is 2.16. The summed E-state index contributed by atoms with van der Waals surface area (Å²) in [5.41, 5.74) is 1.40. The third-order valence-corrected chi connectivity index (χ3v) is 3.49. The van der Waals surface area contributed by atoms with E-state index in [1.165, 1.54) is 0 Å². The van der Waals surface area contributed by atoms with Gasteiger partial charge in [0.05, 0.1) is 5.69 Å². The lowest BCUT2D eigenvalue weighted by Crippen LogP contribution is -2.38. The molecule has 3 heteroatoms. The molecule has 1 rings (SSSR count). The summed E-state index contributed by atoms with van der Waals surface area (Å²) < 4.78 is 0. The van der Waals surface area contributed by atoms with Crippen LogP contribution in [0.3, 0.4) is 0 Å². The molecule has 0 radical (unpaired) electrons. The Morgan fingerprint density at radius 3 is 2.56 bits per heavy atom. The van der Waals surface area contributed by atoms with Crippen molar-refractivity contribution in [2.45, 2.75) is 47.2 Å². The van der Waals surface area contributed by atoms with E-state index in [2.05, 4.69) is 69.0 Å². The molecule has 0 fully saturated rings. The quantitative estimate of drug-likeness (QED) is 0.867. The minimum absolute atomic E-state index is 0.286. The van der Waals surface area contributed by atoms with Crippen LogP contribution >= 0.6 is 0 Å². The first-order chi connectivity index (χ1) is 8.34. The molecule has 0 aromatic carbocycles. The van der Waals surface area contributed by atoms with E-state index in [0.717, 1.165) is 24.6 Å². The van der Waals surface area contributed by atoms with Crippen LogP contribution < -0.4 is 5.32 Å². The molecule has 0 amide bonds. The van der Waals surface area contributed by atoms with Crippen molar-refractivity contribution >= 4 is 5.82 Å². The normalized spacial score (nSPS) is 13.7. The molecule has 0 saturated heterocycles. The number of hydrogen-bond donors (Lipinski definition) is 1. The van der Waals surface area contributed by atoms with E-state index in [1.807, 2.05) is 6.07 Å². The van der Waals surface area contributed by atoms with E-state index in [0.29, 0.717) is 6.04 Å². The Morgan fingerprint density at radius 1 is 1.33 bits per heavy atom. The van der Waals surface area contributed by atoms with E-state index < -0.39 is 0 Å². The summed E-state index contributed by atoms with van der Waals surface area (Å²) in [4.78, 5) is 6.97. The Kier molecular flexibility index (Phi) is 5.15. The fourth-order valence-corrected chi connectivity index (χ4v) is 1.90. The summed E-state index contributed by atoms with van der Waals surface area (Å²) >= 11 is 0. The van der Waals surface area contributed by atoms with Crippen molar-refractivity contribution in [1.82, 2.24) is 9.88 Å². The lowest BCUT2D eigenvalue weighted by atomic mass is 9.87. The van der Waals surface area contributed by atoms with Crippen LogP contribution in [0.1, 0.15) is 40.3 Å². The highest BCUT2D eigenvalue weighted by atomic mass is 15.1. The van der Waals surface area contributed by atoms with Gasteiger partial charge in [-0.05, 0) is 38.4 Å². The Balaban J connectivity index is 2.69. The van der Waals surface area contributed by atoms with Gasteiger partial charge < -0.3 is 5.32 Å². The van der Waals surface area contributed by atoms with E-state index in [9.17, 15) is 0 Å². The van der Waals surface area contributed by atoms with Gasteiger partial charge in [-0.25, -0.2) is 4.98 Å². The first-order valence-corrected chi connectivity index (χ1v) is 6.74. The maximum atomic E-state index is 4.61. The van der Waals surface area contributed by atoms with Crippen LogP contribution in [-0.4, -0.2) is 29.5 Å². The highest BCUT2D eigenvalue weighted by molar-refractivity contribution is 5.34. The van der Waals surface area contributed by atoms with Crippen molar-refractivity contribution in [1.29, 1.82) is 0 Å². The molecular formula is C15H27N3. The number of pyridine rings is 1. The molecule has 3 nitrogen and oxygen atoms in total. The molecule has 18 heavy (non-hydrogen) atoms. The molecule has 1 heterocycles. The smallest absolute Gasteiger partial charge is 0.126 e. The maximum Gasteiger partial charge on any atom is 0.126 e. The first kappa shape index (κ1) is 15.0. The van der Waals surface area contributed by atoms with Gasteiger partial charge in [0.2, 0.25) is 0 Å². The number of hydrogen-bond acceptors (Lipinski definition) is 3. The van der Waals surface area contributed by atoms with Crippen LogP contribution in [0.15, 0.2) is 18.2 Å². The summed E-state index contributed by atoms with van der Waals surface area (Å²) in [6.45, 7) is 13.0. The van der Waals surface area contributed by atoms with Gasteiger partial charge in [-0.15, -0.1) is 0 Å². The fraction of sp³-hybridized carbons (Fsp3) is 0.667. The van der Waals surface area contributed by atoms with Gasteiger partial charge in [-0.2, -0.15) is 0 Å². The van der Waals surface area contributed by atoms with Gasteiger partial charge in [-0.1, -0.05) is 26.8 Å². The van der Waals surface area contributed by atoms with Crippen molar-refractivity contribution in [3.05, 3.63) is 23.9 Å². The summed E-state index contributed by atoms with van der Waals surface area (Å²) in [6.07, 6.45) is 0. The van der Waals surface area contributed by atoms with Gasteiger partial charge in [0.1, 0.15) is 5.82 Å². The second-order valence-corrected chi connectivity index (χ2v) is 6.00. The van der Waals surface area contributed by atoms with Gasteiger partial charge in [0.15, 0.2) is 0 Å². The Morgan fingerprint density at radius 2 is 2.00 bits per heavy atom. The summed E-state index contributed by atoms with van der Waals surface area (Å²) in [6, 6.07) is 6.69. The Bertz CT molecular complexity index is 368. The molecule has 102 valence electrons. The fourth-order valence-electron chi connectivity index (χ4n) is 1.90. The molecule has 1 aromatic heterocycles. The largest absolute Gasteiger partial charge is 0.370 e. The molecule has 1 N–H and O–H groups in total. The van der Waals surface area contributed by atoms with Crippen molar-refractivity contribution in [2.24, 2.45) is 5.41 Å². The average Bonchev–Trinajstić information content (AvgIpc) is 2.27. The van der Waals surface area contributed by atoms with Gasteiger partial charge in [0.25, 0.3) is 0 Å². The van der Waals surface area contributed by atoms with Crippen LogP contribution in [0.5, 0.6) is 0 Å². The van der Waals surface area contributed by atoms with Crippen LogP contribution in [0.2, 0.25) is 0 Å². The number of aromatic nitrogens is 1. The lowest BCUT2D eigenvalue weighted by Gasteiger charge is -2.35. The van der Waals surface area contributed by atoms with Gasteiger partial charge >= 0.3 is 0 Å². The summed E-state index contributed by atoms with van der Waals surface area (Å²) in [5.74, 6) is 0.965. The third-order valence-electron chi connectivity index (χ3n) is 3.49. The predicted octanol–water partition coefficient (Wildman–Crippen LogP) is 3.38. The number of nitrogens with one attached hydrogen (secondary N) is 1. The second-order valence-electron chi connectivity index (χ2n) is 6.00. The minimum Gasteiger partial charge on any atom is -0.370 e. The zero-order valence-electron chi connectivity index (χ0n) is 12.6. The number of anilines is 1. The maximum absolute atomic E-state index is 4.61. The third kappa shape index (κ3) is 4.30. The molecular weight excluding hydrogens is 222 g/mol. The topological polar surface area (TPSA) is 28.2 Å². The molecule has 1 unspecified atom stereocenters. The SMILES string of the molecule is CCNc1cccc(CN(C)C(C)C(C)(C)C)n1. The van der Waals surface area contributed by atoms with Crippen LogP contribution in [0, 0.1) is 5.41 Å². The van der Waals surface area contributed by atoms with E-state index >= 15 is 0 Å². The lowest BCUT2D eigenvalue weighted by molar-refractivity contribution is 0.133. The Hall–Kier alpha value is -1.09. The van der Waals surface area contributed by atoms with Crippen LogP contribution in [-0.2, 0) is 6.54 Å². The second kappa shape index (κ2) is 6.19. The molecule has 1 atom stereocenters. The molecule has 0 bridgehead atoms. The van der Waals surface area contributed by atoms with E-state index in [4.69, 9.17) is 0 Å². The molecule has 0 spiro atoms. The van der Waals surface area contributed by atoms with Crippen LogP contribution in [0.25, 0.3) is 0 Å². The highest BCUT2D eigenvalue weighted by Crippen LogP contribution is 2.24. The molecule has 0 aliphatic rings. The standard InChI is InChI=1S/C15H27N3/c1-7-16-14-10-8-9-13(17-14)11-18(6)12(2)15(3,4)5/h8-10,12H,7,11H2,1-6H3,(H,16,17). The van der Waals surface area contributed by atoms with Crippen LogP contribution in [0.4, 0.5) is 5.82 Å². The minimum atomic E-state index is 0.286. The van der Waals surface area contributed by atoms with Crippen molar-refractivity contribution < 1.29 is 0 Å². The monoisotopic (exact) mass is 249 g/mol. The summed E-state index contributed by atoms with van der Waals surface area (Å²) in [5, 5.41) is 3.25. The van der Waals surface area contributed by atoms with Crippen molar-refractivity contribution in [3.8, 4) is 0 Å². The molecule has 0 aliphatic heterocycles. The zero-order chi connectivity index (χ0) is 13.8. The Labute approximate surface area is 112 Å². The molecule has 0 saturated carbocycles. The van der Waals surface area contributed by atoms with Gasteiger partial charge in [-0.3, -0.25) is 4.90 Å². The van der Waals surface area contributed by atoms with E-state index in [1.54, 1.807) is 0 Å². The zero-order valence-corrected chi connectivity index (χ0v) is 12.6. The molecule has 1 aromatic rings. The van der Waals surface area contributed by atoms with Crippen molar-refractivity contribution in [2.75, 3.05) is 18.9 Å². The van der Waals surface area contributed by atoms with Gasteiger partial charge in [0, 0.05) is 19.1 Å². The number of rotatable bonds is 5. The van der Waals surface area contributed by atoms with Crippen molar-refractivity contribution in [3.63, 3.8) is 0 Å².